The number of rotatable bonds is 1. The van der Waals surface area contributed by atoms with Gasteiger partial charge in [0.15, 0.2) is 6.23 Å². The number of hydrogen-bond acceptors (Lipinski definition) is 3. The number of aliphatic imine (C=N–C) groups is 1. The van der Waals surface area contributed by atoms with Gasteiger partial charge in [-0.25, -0.2) is 4.99 Å². The third-order valence-corrected chi connectivity index (χ3v) is 2.77. The van der Waals surface area contributed by atoms with Crippen molar-refractivity contribution in [1.29, 1.82) is 0 Å². The number of anilines is 1. The number of benzene rings is 2. The standard InChI is InChI=1S/C14H12N2O/c17-14-13(10-6-2-1-3-7-10)15-11-8-4-5-9-12(11)16-14/h1-9,14,16-17H. The van der Waals surface area contributed by atoms with Gasteiger partial charge in [-0.1, -0.05) is 42.5 Å². The zero-order valence-corrected chi connectivity index (χ0v) is 9.17. The molecule has 0 fully saturated rings. The Kier molecular flexibility index (Phi) is 2.38. The maximum Gasteiger partial charge on any atom is 0.168 e. The Morgan fingerprint density at radius 2 is 1.65 bits per heavy atom. The molecule has 2 N–H and O–H groups in total. The van der Waals surface area contributed by atoms with Gasteiger partial charge in [0, 0.05) is 5.56 Å². The minimum absolute atomic E-state index is 0.657. The number of para-hydroxylation sites is 2. The minimum Gasteiger partial charge on any atom is -0.368 e. The molecule has 0 aromatic heterocycles. The van der Waals surface area contributed by atoms with Gasteiger partial charge in [-0.15, -0.1) is 0 Å². The van der Waals surface area contributed by atoms with Gasteiger partial charge in [-0.3, -0.25) is 0 Å². The lowest BCUT2D eigenvalue weighted by Crippen LogP contribution is -2.32. The zero-order valence-electron chi connectivity index (χ0n) is 9.17. The lowest BCUT2D eigenvalue weighted by molar-refractivity contribution is 0.269. The van der Waals surface area contributed by atoms with E-state index in [1.807, 2.05) is 54.6 Å². The van der Waals surface area contributed by atoms with Crippen molar-refractivity contribution < 1.29 is 5.11 Å². The summed E-state index contributed by atoms with van der Waals surface area (Å²) < 4.78 is 0. The number of fused-ring (bicyclic) bond motifs is 1. The van der Waals surface area contributed by atoms with E-state index in [4.69, 9.17) is 0 Å². The molecule has 0 spiro atoms. The van der Waals surface area contributed by atoms with Crippen LogP contribution in [0.2, 0.25) is 0 Å². The molecule has 2 aromatic rings. The Hall–Kier alpha value is -2.13. The fourth-order valence-electron chi connectivity index (χ4n) is 1.93. The Morgan fingerprint density at radius 1 is 0.941 bits per heavy atom. The number of aliphatic hydroxyl groups is 1. The number of nitrogens with one attached hydrogen (secondary N) is 1. The van der Waals surface area contributed by atoms with Gasteiger partial charge in [-0.2, -0.15) is 0 Å². The van der Waals surface area contributed by atoms with Crippen molar-refractivity contribution >= 4 is 17.1 Å². The maximum atomic E-state index is 10.0. The summed E-state index contributed by atoms with van der Waals surface area (Å²) in [5.41, 5.74) is 3.31. The first-order valence-electron chi connectivity index (χ1n) is 5.52. The summed E-state index contributed by atoms with van der Waals surface area (Å²) in [6, 6.07) is 17.4. The summed E-state index contributed by atoms with van der Waals surface area (Å²) in [6.45, 7) is 0. The fourth-order valence-corrected chi connectivity index (χ4v) is 1.93. The Labute approximate surface area is 99.5 Å². The van der Waals surface area contributed by atoms with Crippen LogP contribution >= 0.6 is 0 Å². The van der Waals surface area contributed by atoms with Crippen molar-refractivity contribution in [3.8, 4) is 0 Å². The third-order valence-electron chi connectivity index (χ3n) is 2.77. The molecule has 0 saturated heterocycles. The minimum atomic E-state index is -0.757. The van der Waals surface area contributed by atoms with Crippen LogP contribution in [0, 0.1) is 0 Å². The van der Waals surface area contributed by atoms with E-state index in [0.29, 0.717) is 5.71 Å². The molecule has 1 aliphatic heterocycles. The van der Waals surface area contributed by atoms with E-state index in [-0.39, 0.29) is 0 Å². The maximum absolute atomic E-state index is 10.0. The summed E-state index contributed by atoms with van der Waals surface area (Å²) in [4.78, 5) is 4.50. The van der Waals surface area contributed by atoms with Crippen LogP contribution in [0.4, 0.5) is 11.4 Å². The molecule has 3 rings (SSSR count). The van der Waals surface area contributed by atoms with Gasteiger partial charge < -0.3 is 10.4 Å². The van der Waals surface area contributed by atoms with Crippen molar-refractivity contribution in [3.63, 3.8) is 0 Å². The molecular formula is C14H12N2O. The van der Waals surface area contributed by atoms with Crippen LogP contribution in [0.1, 0.15) is 5.56 Å². The molecule has 0 saturated carbocycles. The van der Waals surface area contributed by atoms with E-state index in [9.17, 15) is 5.11 Å². The van der Waals surface area contributed by atoms with E-state index in [1.165, 1.54) is 0 Å². The van der Waals surface area contributed by atoms with Crippen molar-refractivity contribution in [2.45, 2.75) is 6.23 Å². The Balaban J connectivity index is 2.10. The second kappa shape index (κ2) is 4.03. The highest BCUT2D eigenvalue weighted by atomic mass is 16.3. The number of nitrogens with zero attached hydrogens (tertiary/aromatic N) is 1. The highest BCUT2D eigenvalue weighted by molar-refractivity contribution is 6.08. The van der Waals surface area contributed by atoms with Crippen molar-refractivity contribution in [1.82, 2.24) is 0 Å². The van der Waals surface area contributed by atoms with Crippen LogP contribution in [-0.2, 0) is 0 Å². The van der Waals surface area contributed by atoms with Crippen molar-refractivity contribution in [2.24, 2.45) is 4.99 Å². The van der Waals surface area contributed by atoms with E-state index >= 15 is 0 Å². The van der Waals surface area contributed by atoms with Crippen molar-refractivity contribution in [3.05, 3.63) is 60.2 Å². The molecule has 1 unspecified atom stereocenters. The predicted octanol–water partition coefficient (Wildman–Crippen LogP) is 2.55. The molecule has 0 radical (unpaired) electrons. The molecule has 1 heterocycles. The monoisotopic (exact) mass is 224 g/mol. The molecule has 1 aliphatic rings. The highest BCUT2D eigenvalue weighted by Crippen LogP contribution is 2.30. The van der Waals surface area contributed by atoms with E-state index in [1.54, 1.807) is 0 Å². The molecule has 0 aliphatic carbocycles. The van der Waals surface area contributed by atoms with Crippen LogP contribution in [0.3, 0.4) is 0 Å². The molecule has 0 bridgehead atoms. The molecule has 0 amide bonds. The molecule has 3 heteroatoms. The van der Waals surface area contributed by atoms with Crippen LogP contribution in [0.5, 0.6) is 0 Å². The summed E-state index contributed by atoms with van der Waals surface area (Å²) in [7, 11) is 0. The fraction of sp³-hybridized carbons (Fsp3) is 0.0714. The summed E-state index contributed by atoms with van der Waals surface area (Å²) in [6.07, 6.45) is -0.757. The average molecular weight is 224 g/mol. The van der Waals surface area contributed by atoms with Gasteiger partial charge in [-0.05, 0) is 12.1 Å². The van der Waals surface area contributed by atoms with Gasteiger partial charge in [0.05, 0.1) is 17.1 Å². The summed E-state index contributed by atoms with van der Waals surface area (Å²) >= 11 is 0. The first kappa shape index (κ1) is 10.1. The second-order valence-electron chi connectivity index (χ2n) is 3.93. The molecule has 3 nitrogen and oxygen atoms in total. The quantitative estimate of drug-likeness (QED) is 0.781. The highest BCUT2D eigenvalue weighted by Gasteiger charge is 2.20. The molecule has 84 valence electrons. The first-order valence-corrected chi connectivity index (χ1v) is 5.52. The lowest BCUT2D eigenvalue weighted by atomic mass is 10.1. The molecular weight excluding hydrogens is 212 g/mol. The smallest absolute Gasteiger partial charge is 0.168 e. The van der Waals surface area contributed by atoms with E-state index in [2.05, 4.69) is 10.3 Å². The third kappa shape index (κ3) is 1.81. The van der Waals surface area contributed by atoms with Gasteiger partial charge in [0.1, 0.15) is 0 Å². The van der Waals surface area contributed by atoms with E-state index in [0.717, 1.165) is 16.9 Å². The number of hydrogen-bond donors (Lipinski definition) is 2. The summed E-state index contributed by atoms with van der Waals surface area (Å²) in [5, 5.41) is 13.1. The van der Waals surface area contributed by atoms with Gasteiger partial charge in [0.2, 0.25) is 0 Å². The first-order chi connectivity index (χ1) is 8.34. The predicted molar refractivity (Wildman–Crippen MR) is 68.7 cm³/mol. The topological polar surface area (TPSA) is 44.6 Å². The SMILES string of the molecule is OC1Nc2ccccc2N=C1c1ccccc1. The van der Waals surface area contributed by atoms with Crippen LogP contribution < -0.4 is 5.32 Å². The Morgan fingerprint density at radius 3 is 2.47 bits per heavy atom. The Bertz CT molecular complexity index is 563. The van der Waals surface area contributed by atoms with E-state index < -0.39 is 6.23 Å². The van der Waals surface area contributed by atoms with Crippen LogP contribution in [0.15, 0.2) is 59.6 Å². The largest absolute Gasteiger partial charge is 0.368 e. The zero-order chi connectivity index (χ0) is 11.7. The van der Waals surface area contributed by atoms with Crippen LogP contribution in [0.25, 0.3) is 0 Å². The van der Waals surface area contributed by atoms with Crippen LogP contribution in [-0.4, -0.2) is 17.0 Å². The van der Waals surface area contributed by atoms with Gasteiger partial charge >= 0.3 is 0 Å². The van der Waals surface area contributed by atoms with Gasteiger partial charge in [0.25, 0.3) is 0 Å². The summed E-state index contributed by atoms with van der Waals surface area (Å²) in [5.74, 6) is 0. The molecule has 1 atom stereocenters. The number of aliphatic hydroxyl groups excluding tert-OH is 1. The average Bonchev–Trinajstić information content (AvgIpc) is 2.39. The normalized spacial score (nSPS) is 17.9. The molecule has 2 aromatic carbocycles. The second-order valence-corrected chi connectivity index (χ2v) is 3.93. The lowest BCUT2D eigenvalue weighted by Gasteiger charge is -2.23. The van der Waals surface area contributed by atoms with Crippen molar-refractivity contribution in [2.75, 3.05) is 5.32 Å². The molecule has 17 heavy (non-hydrogen) atoms.